The minimum Gasteiger partial charge on any atom is -0.493 e. The van der Waals surface area contributed by atoms with Gasteiger partial charge < -0.3 is 10.5 Å². The van der Waals surface area contributed by atoms with E-state index in [-0.39, 0.29) is 0 Å². The summed E-state index contributed by atoms with van der Waals surface area (Å²) in [6.45, 7) is 6.72. The fraction of sp³-hybridized carbons (Fsp3) is 0.368. The molecule has 2 rings (SSSR count). The zero-order valence-electron chi connectivity index (χ0n) is 14.0. The second kappa shape index (κ2) is 7.64. The third-order valence-corrected chi connectivity index (χ3v) is 3.82. The van der Waals surface area contributed by atoms with E-state index in [1.165, 1.54) is 0 Å². The van der Waals surface area contributed by atoms with Crippen molar-refractivity contribution in [3.05, 3.63) is 41.1 Å². The number of aromatic nitrogens is 1. The number of para-hydroxylation sites is 1. The average molecular weight is 309 g/mol. The molecule has 0 spiro atoms. The first-order valence-corrected chi connectivity index (χ1v) is 8.11. The number of nitrogen functional groups attached to an aromatic ring is 1. The summed E-state index contributed by atoms with van der Waals surface area (Å²) in [6.07, 6.45) is 2.63. The summed E-state index contributed by atoms with van der Waals surface area (Å²) in [6, 6.07) is 10.0. The third-order valence-electron chi connectivity index (χ3n) is 3.82. The van der Waals surface area contributed by atoms with Crippen molar-refractivity contribution in [2.45, 2.75) is 40.0 Å². The van der Waals surface area contributed by atoms with Crippen LogP contribution >= 0.6 is 0 Å². The van der Waals surface area contributed by atoms with Crippen LogP contribution < -0.4 is 10.5 Å². The van der Waals surface area contributed by atoms with Crippen LogP contribution in [0.5, 0.6) is 5.75 Å². The molecule has 4 nitrogen and oxygen atoms in total. The van der Waals surface area contributed by atoms with Crippen molar-refractivity contribution in [2.24, 2.45) is 0 Å². The standard InChI is InChI=1S/C19H23N3O/c1-4-9-16-13(5-2)18(15(12-20)19(21)22-16)14-10-7-8-11-17(14)23-6-3/h7-8,10-11H,4-6,9H2,1-3H3,(H2,21,22). The molecule has 0 saturated heterocycles. The molecule has 0 saturated carbocycles. The maximum atomic E-state index is 9.61. The van der Waals surface area contributed by atoms with E-state index in [9.17, 15) is 5.26 Å². The lowest BCUT2D eigenvalue weighted by Crippen LogP contribution is -2.08. The van der Waals surface area contributed by atoms with Crippen molar-refractivity contribution in [2.75, 3.05) is 12.3 Å². The smallest absolute Gasteiger partial charge is 0.142 e. The van der Waals surface area contributed by atoms with E-state index >= 15 is 0 Å². The summed E-state index contributed by atoms with van der Waals surface area (Å²) in [7, 11) is 0. The van der Waals surface area contributed by atoms with Crippen molar-refractivity contribution >= 4 is 5.82 Å². The number of nitrogens with zero attached hydrogens (tertiary/aromatic N) is 2. The molecule has 2 aromatic rings. The average Bonchev–Trinajstić information content (AvgIpc) is 2.55. The van der Waals surface area contributed by atoms with Gasteiger partial charge in [0.2, 0.25) is 0 Å². The van der Waals surface area contributed by atoms with Crippen LogP contribution in [0.3, 0.4) is 0 Å². The van der Waals surface area contributed by atoms with Crippen molar-refractivity contribution < 1.29 is 4.74 Å². The zero-order valence-corrected chi connectivity index (χ0v) is 14.0. The van der Waals surface area contributed by atoms with Gasteiger partial charge in [-0.1, -0.05) is 38.5 Å². The Hall–Kier alpha value is -2.54. The van der Waals surface area contributed by atoms with Gasteiger partial charge in [-0.3, -0.25) is 0 Å². The monoisotopic (exact) mass is 309 g/mol. The van der Waals surface area contributed by atoms with Crippen LogP contribution in [0, 0.1) is 11.3 Å². The number of nitriles is 1. The van der Waals surface area contributed by atoms with Crippen LogP contribution in [0.15, 0.2) is 24.3 Å². The molecule has 2 N–H and O–H groups in total. The number of hydrogen-bond acceptors (Lipinski definition) is 4. The third kappa shape index (κ3) is 3.29. The molecule has 120 valence electrons. The Morgan fingerprint density at radius 3 is 2.57 bits per heavy atom. The molecule has 0 fully saturated rings. The summed E-state index contributed by atoms with van der Waals surface area (Å²) in [5.74, 6) is 1.07. The first-order valence-electron chi connectivity index (χ1n) is 8.11. The molecule has 0 unspecified atom stereocenters. The molecule has 23 heavy (non-hydrogen) atoms. The Labute approximate surface area is 137 Å². The molecular formula is C19H23N3O. The van der Waals surface area contributed by atoms with E-state index in [0.717, 1.165) is 47.4 Å². The lowest BCUT2D eigenvalue weighted by molar-refractivity contribution is 0.341. The Bertz CT molecular complexity index is 732. The second-order valence-electron chi connectivity index (χ2n) is 5.32. The topological polar surface area (TPSA) is 71.9 Å². The van der Waals surface area contributed by atoms with Crippen LogP contribution in [-0.4, -0.2) is 11.6 Å². The number of ether oxygens (including phenoxy) is 1. The molecule has 4 heteroatoms. The molecule has 0 radical (unpaired) electrons. The number of aryl methyl sites for hydroxylation is 1. The van der Waals surface area contributed by atoms with E-state index in [4.69, 9.17) is 10.5 Å². The van der Waals surface area contributed by atoms with Gasteiger partial charge in [-0.05, 0) is 31.4 Å². The van der Waals surface area contributed by atoms with Gasteiger partial charge in [0.1, 0.15) is 23.2 Å². The Morgan fingerprint density at radius 2 is 1.96 bits per heavy atom. The number of benzene rings is 1. The Morgan fingerprint density at radius 1 is 1.22 bits per heavy atom. The molecule has 0 bridgehead atoms. The summed E-state index contributed by atoms with van der Waals surface area (Å²) < 4.78 is 5.76. The lowest BCUT2D eigenvalue weighted by Gasteiger charge is -2.18. The highest BCUT2D eigenvalue weighted by molar-refractivity contribution is 5.82. The highest BCUT2D eigenvalue weighted by atomic mass is 16.5. The van der Waals surface area contributed by atoms with Gasteiger partial charge in [-0.25, -0.2) is 4.98 Å². The van der Waals surface area contributed by atoms with Gasteiger partial charge in [0.15, 0.2) is 0 Å². The van der Waals surface area contributed by atoms with Crippen molar-refractivity contribution in [1.29, 1.82) is 5.26 Å². The number of nitrogens with two attached hydrogens (primary N) is 1. The maximum Gasteiger partial charge on any atom is 0.142 e. The molecule has 0 atom stereocenters. The number of hydrogen-bond donors (Lipinski definition) is 1. The van der Waals surface area contributed by atoms with E-state index in [2.05, 4.69) is 24.9 Å². The minimum absolute atomic E-state index is 0.300. The molecule has 0 aliphatic carbocycles. The van der Waals surface area contributed by atoms with Crippen LogP contribution in [-0.2, 0) is 12.8 Å². The first kappa shape index (κ1) is 16.8. The molecule has 1 aromatic carbocycles. The van der Waals surface area contributed by atoms with Crippen molar-refractivity contribution in [1.82, 2.24) is 4.98 Å². The highest BCUT2D eigenvalue weighted by Crippen LogP contribution is 2.38. The maximum absolute atomic E-state index is 9.61. The summed E-state index contributed by atoms with van der Waals surface area (Å²) in [5, 5.41) is 9.61. The Balaban J connectivity index is 2.81. The van der Waals surface area contributed by atoms with Gasteiger partial charge in [-0.15, -0.1) is 0 Å². The quantitative estimate of drug-likeness (QED) is 0.871. The molecule has 0 aliphatic heterocycles. The van der Waals surface area contributed by atoms with Gasteiger partial charge in [0.25, 0.3) is 0 Å². The van der Waals surface area contributed by atoms with Crippen molar-refractivity contribution in [3.8, 4) is 22.9 Å². The second-order valence-corrected chi connectivity index (χ2v) is 5.32. The van der Waals surface area contributed by atoms with Crippen LogP contribution in [0.1, 0.15) is 44.0 Å². The van der Waals surface area contributed by atoms with Crippen LogP contribution in [0.2, 0.25) is 0 Å². The van der Waals surface area contributed by atoms with Crippen molar-refractivity contribution in [3.63, 3.8) is 0 Å². The molecule has 1 heterocycles. The summed E-state index contributed by atoms with van der Waals surface area (Å²) >= 11 is 0. The SMILES string of the molecule is CCCc1nc(N)c(C#N)c(-c2ccccc2OCC)c1CC. The zero-order chi connectivity index (χ0) is 16.8. The fourth-order valence-corrected chi connectivity index (χ4v) is 2.88. The number of rotatable bonds is 6. The van der Waals surface area contributed by atoms with E-state index < -0.39 is 0 Å². The number of anilines is 1. The molecule has 0 aliphatic rings. The molecular weight excluding hydrogens is 286 g/mol. The van der Waals surface area contributed by atoms with Gasteiger partial charge >= 0.3 is 0 Å². The number of pyridine rings is 1. The highest BCUT2D eigenvalue weighted by Gasteiger charge is 2.20. The predicted molar refractivity (Wildman–Crippen MR) is 93.3 cm³/mol. The fourth-order valence-electron chi connectivity index (χ4n) is 2.88. The first-order chi connectivity index (χ1) is 11.2. The van der Waals surface area contributed by atoms with Gasteiger partial charge in [-0.2, -0.15) is 5.26 Å². The van der Waals surface area contributed by atoms with Crippen LogP contribution in [0.25, 0.3) is 11.1 Å². The van der Waals surface area contributed by atoms with E-state index in [0.29, 0.717) is 18.0 Å². The lowest BCUT2D eigenvalue weighted by atomic mass is 9.91. The van der Waals surface area contributed by atoms with E-state index in [1.54, 1.807) is 0 Å². The molecule has 1 aromatic heterocycles. The van der Waals surface area contributed by atoms with Crippen LogP contribution in [0.4, 0.5) is 5.82 Å². The minimum atomic E-state index is 0.300. The normalized spacial score (nSPS) is 10.3. The largest absolute Gasteiger partial charge is 0.493 e. The summed E-state index contributed by atoms with van der Waals surface area (Å²) in [4.78, 5) is 4.48. The van der Waals surface area contributed by atoms with Gasteiger partial charge in [0.05, 0.1) is 6.61 Å². The van der Waals surface area contributed by atoms with E-state index in [1.807, 2.05) is 31.2 Å². The predicted octanol–water partition coefficient (Wildman–Crippen LogP) is 4.12. The molecule has 0 amide bonds. The van der Waals surface area contributed by atoms with Gasteiger partial charge in [0, 0.05) is 16.8 Å². The summed E-state index contributed by atoms with van der Waals surface area (Å²) in [5.41, 5.74) is 10.4. The Kier molecular flexibility index (Phi) is 5.59.